The van der Waals surface area contributed by atoms with Crippen LogP contribution in [0.5, 0.6) is 0 Å². The Morgan fingerprint density at radius 1 is 0.328 bits per heavy atom. The Hall–Kier alpha value is -9.06. The second-order valence-electron chi connectivity index (χ2n) is 17.7. The van der Waals surface area contributed by atoms with Gasteiger partial charge in [-0.05, 0) is 106 Å². The topological polar surface area (TPSA) is 48.8 Å². The van der Waals surface area contributed by atoms with Crippen LogP contribution in [-0.2, 0) is 0 Å². The molecule has 4 aromatic heterocycles. The number of hydrogen-bond donors (Lipinski definition) is 0. The Balaban J connectivity index is 0.876. The van der Waals surface area contributed by atoms with E-state index < -0.39 is 0 Å². The van der Waals surface area contributed by atoms with Gasteiger partial charge >= 0.3 is 0 Å². The van der Waals surface area contributed by atoms with Crippen LogP contribution in [0.2, 0.25) is 0 Å². The molecule has 0 unspecified atom stereocenters. The van der Waals surface area contributed by atoms with Crippen molar-refractivity contribution >= 4 is 109 Å². The standard InChI is InChI=1S/C62H36N4O/c1-2-13-45-37(12-1)28-31-49-46-14-3-9-22-56(46)66(61(45)49)44-30-27-40-36-57-52(35-42(40)34-44)47-15-4-8-21-55(47)65(57)43-29-26-38-32-41(25-24-39(38)33-43)59-60(64-54-20-7-6-19-53(54)63-59)51-18-11-17-50-48-16-5-10-23-58(48)67-62(50)51/h1-36H. The van der Waals surface area contributed by atoms with Gasteiger partial charge in [-0.15, -0.1) is 0 Å². The number of fused-ring (bicyclic) bond motifs is 14. The number of furan rings is 1. The van der Waals surface area contributed by atoms with E-state index in [1.54, 1.807) is 0 Å². The molecule has 11 aromatic carbocycles. The lowest BCUT2D eigenvalue weighted by Gasteiger charge is -2.13. The Morgan fingerprint density at radius 3 is 1.76 bits per heavy atom. The first kappa shape index (κ1) is 36.3. The van der Waals surface area contributed by atoms with E-state index in [9.17, 15) is 0 Å². The lowest BCUT2D eigenvalue weighted by atomic mass is 9.99. The summed E-state index contributed by atoms with van der Waals surface area (Å²) in [7, 11) is 0. The van der Waals surface area contributed by atoms with E-state index in [0.29, 0.717) is 0 Å². The van der Waals surface area contributed by atoms with Crippen molar-refractivity contribution in [2.45, 2.75) is 0 Å². The highest BCUT2D eigenvalue weighted by molar-refractivity contribution is 6.19. The van der Waals surface area contributed by atoms with Gasteiger partial charge in [0.15, 0.2) is 0 Å². The molecule has 5 nitrogen and oxygen atoms in total. The van der Waals surface area contributed by atoms with Gasteiger partial charge < -0.3 is 13.6 Å². The van der Waals surface area contributed by atoms with Crippen LogP contribution in [0.15, 0.2) is 223 Å². The molecule has 5 heteroatoms. The Kier molecular flexibility index (Phi) is 7.44. The number of aromatic nitrogens is 4. The molecular formula is C62H36N4O. The number of nitrogens with zero attached hydrogens (tertiary/aromatic N) is 4. The van der Waals surface area contributed by atoms with Crippen LogP contribution in [-0.4, -0.2) is 19.1 Å². The van der Waals surface area contributed by atoms with E-state index in [4.69, 9.17) is 14.4 Å². The molecule has 0 amide bonds. The van der Waals surface area contributed by atoms with Gasteiger partial charge in [-0.25, -0.2) is 9.97 Å². The maximum Gasteiger partial charge on any atom is 0.144 e. The summed E-state index contributed by atoms with van der Waals surface area (Å²) >= 11 is 0. The zero-order valence-electron chi connectivity index (χ0n) is 36.0. The van der Waals surface area contributed by atoms with Crippen LogP contribution in [0, 0.1) is 0 Å². The van der Waals surface area contributed by atoms with Crippen LogP contribution in [0.25, 0.3) is 143 Å². The normalized spacial score (nSPS) is 12.2. The number of para-hydroxylation sites is 6. The van der Waals surface area contributed by atoms with Gasteiger partial charge in [0.05, 0.1) is 38.8 Å². The lowest BCUT2D eigenvalue weighted by Crippen LogP contribution is -1.96. The van der Waals surface area contributed by atoms with Crippen LogP contribution in [0.3, 0.4) is 0 Å². The zero-order valence-corrected chi connectivity index (χ0v) is 36.0. The minimum absolute atomic E-state index is 0.799. The number of hydrogen-bond acceptors (Lipinski definition) is 3. The van der Waals surface area contributed by atoms with Gasteiger partial charge in [-0.1, -0.05) is 140 Å². The average Bonchev–Trinajstić information content (AvgIpc) is 4.05. The molecule has 4 heterocycles. The summed E-state index contributed by atoms with van der Waals surface area (Å²) in [6, 6.07) is 78.6. The van der Waals surface area contributed by atoms with Gasteiger partial charge in [0.25, 0.3) is 0 Å². The van der Waals surface area contributed by atoms with E-state index in [1.807, 2.05) is 36.4 Å². The van der Waals surface area contributed by atoms with Crippen molar-refractivity contribution in [1.29, 1.82) is 0 Å². The molecule has 0 aliphatic carbocycles. The van der Waals surface area contributed by atoms with Crippen LogP contribution in [0.1, 0.15) is 0 Å². The molecule has 0 fully saturated rings. The van der Waals surface area contributed by atoms with Crippen molar-refractivity contribution in [2.75, 3.05) is 0 Å². The molecule has 0 saturated heterocycles. The van der Waals surface area contributed by atoms with Gasteiger partial charge in [0.2, 0.25) is 0 Å². The third-order valence-electron chi connectivity index (χ3n) is 14.0. The summed E-state index contributed by atoms with van der Waals surface area (Å²) in [6.45, 7) is 0. The fraction of sp³-hybridized carbons (Fsp3) is 0. The van der Waals surface area contributed by atoms with Crippen molar-refractivity contribution in [1.82, 2.24) is 19.1 Å². The van der Waals surface area contributed by atoms with Crippen LogP contribution < -0.4 is 0 Å². The highest BCUT2D eigenvalue weighted by Crippen LogP contribution is 2.42. The van der Waals surface area contributed by atoms with Crippen LogP contribution >= 0.6 is 0 Å². The highest BCUT2D eigenvalue weighted by Gasteiger charge is 2.21. The third-order valence-corrected chi connectivity index (χ3v) is 14.0. The fourth-order valence-electron chi connectivity index (χ4n) is 11.0. The van der Waals surface area contributed by atoms with E-state index >= 15 is 0 Å². The van der Waals surface area contributed by atoms with Gasteiger partial charge in [0.1, 0.15) is 16.9 Å². The monoisotopic (exact) mass is 852 g/mol. The van der Waals surface area contributed by atoms with E-state index in [1.165, 1.54) is 65.2 Å². The molecule has 0 atom stereocenters. The molecule has 15 aromatic rings. The maximum absolute atomic E-state index is 6.53. The second-order valence-corrected chi connectivity index (χ2v) is 17.7. The summed E-state index contributed by atoms with van der Waals surface area (Å²) < 4.78 is 11.4. The first-order valence-corrected chi connectivity index (χ1v) is 22.8. The minimum Gasteiger partial charge on any atom is -0.455 e. The third kappa shape index (κ3) is 5.31. The molecule has 0 aliphatic rings. The fourth-order valence-corrected chi connectivity index (χ4v) is 11.0. The van der Waals surface area contributed by atoms with Gasteiger partial charge in [-0.2, -0.15) is 0 Å². The highest BCUT2D eigenvalue weighted by atomic mass is 16.3. The smallest absolute Gasteiger partial charge is 0.144 e. The molecule has 310 valence electrons. The Bertz CT molecular complexity index is 4590. The van der Waals surface area contributed by atoms with Crippen molar-refractivity contribution in [3.8, 4) is 33.9 Å². The molecule has 0 saturated carbocycles. The van der Waals surface area contributed by atoms with E-state index in [-0.39, 0.29) is 0 Å². The van der Waals surface area contributed by atoms with Gasteiger partial charge in [-0.3, -0.25) is 0 Å². The molecule has 0 radical (unpaired) electrons. The van der Waals surface area contributed by atoms with Crippen molar-refractivity contribution in [3.63, 3.8) is 0 Å². The second kappa shape index (κ2) is 13.7. The predicted octanol–water partition coefficient (Wildman–Crippen LogP) is 16.5. The van der Waals surface area contributed by atoms with E-state index in [2.05, 4.69) is 191 Å². The maximum atomic E-state index is 6.53. The first-order chi connectivity index (χ1) is 33.2. The summed E-state index contributed by atoms with van der Waals surface area (Å²) in [4.78, 5) is 10.6. The summed E-state index contributed by atoms with van der Waals surface area (Å²) in [5, 5.41) is 14.3. The molecule has 0 N–H and O–H groups in total. The Labute approximate surface area is 383 Å². The number of benzene rings is 11. The summed E-state index contributed by atoms with van der Waals surface area (Å²) in [6.07, 6.45) is 0. The van der Waals surface area contributed by atoms with Crippen molar-refractivity contribution in [2.24, 2.45) is 0 Å². The first-order valence-electron chi connectivity index (χ1n) is 22.8. The zero-order chi connectivity index (χ0) is 43.7. The molecule has 0 bridgehead atoms. The average molecular weight is 853 g/mol. The van der Waals surface area contributed by atoms with E-state index in [0.717, 1.165) is 77.6 Å². The lowest BCUT2D eigenvalue weighted by molar-refractivity contribution is 0.670. The largest absolute Gasteiger partial charge is 0.455 e. The molecule has 15 rings (SSSR count). The number of rotatable bonds is 4. The quantitative estimate of drug-likeness (QED) is 0.177. The minimum atomic E-state index is 0.799. The van der Waals surface area contributed by atoms with Crippen LogP contribution in [0.4, 0.5) is 0 Å². The predicted molar refractivity (Wildman–Crippen MR) is 279 cm³/mol. The molecule has 67 heavy (non-hydrogen) atoms. The molecular weight excluding hydrogens is 817 g/mol. The SMILES string of the molecule is c1ccc2c(c1)ccc1c3ccccc3n(-c3ccc4cc5c(cc4c3)c3ccccc3n5-c3ccc4cc(-c5nc6ccccc6nc5-c5cccc6c5oc5ccccc56)ccc4c3)c21. The van der Waals surface area contributed by atoms with Crippen molar-refractivity contribution < 1.29 is 4.42 Å². The van der Waals surface area contributed by atoms with Crippen molar-refractivity contribution in [3.05, 3.63) is 218 Å². The summed E-state index contributed by atoms with van der Waals surface area (Å²) in [5.41, 5.74) is 14.0. The van der Waals surface area contributed by atoms with Gasteiger partial charge in [0, 0.05) is 60.2 Å². The Morgan fingerprint density at radius 2 is 0.925 bits per heavy atom. The molecule has 0 spiro atoms. The molecule has 0 aliphatic heterocycles. The summed E-state index contributed by atoms with van der Waals surface area (Å²) in [5.74, 6) is 0.